The minimum absolute atomic E-state index is 0.0187. The normalized spacial score (nSPS) is 17.2. The van der Waals surface area contributed by atoms with Gasteiger partial charge < -0.3 is 14.7 Å². The molecule has 1 amide bonds. The second-order valence-corrected chi connectivity index (χ2v) is 6.46. The standard InChI is InChI=1S/C19H22N4O2/c1-13-17(14(2)25-22-13)10-19(24)21-16-7-5-9-23(12-16)18-8-4-3-6-15(18)11-20/h3-4,6,8,16H,5,7,9-10,12H2,1-2H3,(H,21,24). The van der Waals surface area contributed by atoms with E-state index >= 15 is 0 Å². The minimum Gasteiger partial charge on any atom is -0.368 e. The molecule has 1 N–H and O–H groups in total. The molecule has 0 saturated carbocycles. The number of para-hydroxylation sites is 1. The monoisotopic (exact) mass is 338 g/mol. The highest BCUT2D eigenvalue weighted by atomic mass is 16.5. The number of benzene rings is 1. The van der Waals surface area contributed by atoms with Crippen LogP contribution in [0, 0.1) is 25.2 Å². The minimum atomic E-state index is -0.0187. The van der Waals surface area contributed by atoms with Gasteiger partial charge in [-0.05, 0) is 38.8 Å². The lowest BCUT2D eigenvalue weighted by Gasteiger charge is -2.35. The van der Waals surface area contributed by atoms with Gasteiger partial charge in [-0.3, -0.25) is 4.79 Å². The number of hydrogen-bond acceptors (Lipinski definition) is 5. The zero-order chi connectivity index (χ0) is 17.8. The van der Waals surface area contributed by atoms with Crippen molar-refractivity contribution in [1.82, 2.24) is 10.5 Å². The Bertz CT molecular complexity index is 786. The molecule has 1 unspecified atom stereocenters. The molecule has 1 atom stereocenters. The summed E-state index contributed by atoms with van der Waals surface area (Å²) < 4.78 is 5.12. The average Bonchev–Trinajstić information content (AvgIpc) is 2.94. The van der Waals surface area contributed by atoms with Crippen LogP contribution < -0.4 is 10.2 Å². The van der Waals surface area contributed by atoms with Crippen molar-refractivity contribution in [2.24, 2.45) is 0 Å². The van der Waals surface area contributed by atoms with Crippen molar-refractivity contribution in [3.8, 4) is 6.07 Å². The van der Waals surface area contributed by atoms with Crippen LogP contribution in [0.1, 0.15) is 35.4 Å². The number of anilines is 1. The Balaban J connectivity index is 1.64. The van der Waals surface area contributed by atoms with Gasteiger partial charge in [0.2, 0.25) is 5.91 Å². The van der Waals surface area contributed by atoms with E-state index in [2.05, 4.69) is 21.4 Å². The van der Waals surface area contributed by atoms with E-state index < -0.39 is 0 Å². The first kappa shape index (κ1) is 17.0. The van der Waals surface area contributed by atoms with Gasteiger partial charge in [0.05, 0.1) is 23.4 Å². The number of carbonyl (C=O) groups is 1. The second kappa shape index (κ2) is 7.39. The molecule has 0 bridgehead atoms. The highest BCUT2D eigenvalue weighted by Crippen LogP contribution is 2.23. The fraction of sp³-hybridized carbons (Fsp3) is 0.421. The first-order valence-electron chi connectivity index (χ1n) is 8.53. The van der Waals surface area contributed by atoms with Crippen molar-refractivity contribution in [1.29, 1.82) is 5.26 Å². The van der Waals surface area contributed by atoms with Crippen LogP contribution in [0.25, 0.3) is 0 Å². The molecular formula is C19H22N4O2. The van der Waals surface area contributed by atoms with Gasteiger partial charge in [-0.15, -0.1) is 0 Å². The SMILES string of the molecule is Cc1noc(C)c1CC(=O)NC1CCCN(c2ccccc2C#N)C1. The molecule has 1 aliphatic heterocycles. The Morgan fingerprint density at radius 3 is 2.96 bits per heavy atom. The first-order chi connectivity index (χ1) is 12.1. The lowest BCUT2D eigenvalue weighted by Crippen LogP contribution is -2.48. The van der Waals surface area contributed by atoms with Gasteiger partial charge in [0.15, 0.2) is 0 Å². The van der Waals surface area contributed by atoms with Crippen LogP contribution in [0.4, 0.5) is 5.69 Å². The van der Waals surface area contributed by atoms with Crippen molar-refractivity contribution >= 4 is 11.6 Å². The Labute approximate surface area is 147 Å². The van der Waals surface area contributed by atoms with Crippen LogP contribution in [0.15, 0.2) is 28.8 Å². The van der Waals surface area contributed by atoms with Crippen LogP contribution in [0.3, 0.4) is 0 Å². The molecule has 2 aromatic rings. The lowest BCUT2D eigenvalue weighted by atomic mass is 10.0. The molecule has 0 spiro atoms. The summed E-state index contributed by atoms with van der Waals surface area (Å²) in [5, 5.41) is 16.3. The third kappa shape index (κ3) is 3.82. The zero-order valence-corrected chi connectivity index (χ0v) is 14.6. The largest absolute Gasteiger partial charge is 0.368 e. The molecule has 130 valence electrons. The fourth-order valence-corrected chi connectivity index (χ4v) is 3.35. The topological polar surface area (TPSA) is 82.2 Å². The number of nitrogens with zero attached hydrogens (tertiary/aromatic N) is 3. The van der Waals surface area contributed by atoms with Crippen LogP contribution >= 0.6 is 0 Å². The molecule has 6 heteroatoms. The molecule has 25 heavy (non-hydrogen) atoms. The molecule has 0 radical (unpaired) electrons. The summed E-state index contributed by atoms with van der Waals surface area (Å²) in [6.07, 6.45) is 2.21. The van der Waals surface area contributed by atoms with Crippen LogP contribution in [-0.4, -0.2) is 30.2 Å². The molecule has 1 fully saturated rings. The lowest BCUT2D eigenvalue weighted by molar-refractivity contribution is -0.121. The van der Waals surface area contributed by atoms with E-state index in [1.165, 1.54) is 0 Å². The predicted octanol–water partition coefficient (Wildman–Crippen LogP) is 2.49. The Kier molecular flexibility index (Phi) is 5.03. The predicted molar refractivity (Wildman–Crippen MR) is 94.2 cm³/mol. The number of aryl methyl sites for hydroxylation is 2. The summed E-state index contributed by atoms with van der Waals surface area (Å²) in [6, 6.07) is 9.93. The summed E-state index contributed by atoms with van der Waals surface area (Å²) in [5.74, 6) is 0.677. The van der Waals surface area contributed by atoms with Crippen molar-refractivity contribution in [2.45, 2.75) is 39.2 Å². The maximum Gasteiger partial charge on any atom is 0.224 e. The quantitative estimate of drug-likeness (QED) is 0.926. The number of piperidine rings is 1. The van der Waals surface area contributed by atoms with E-state index in [9.17, 15) is 10.1 Å². The van der Waals surface area contributed by atoms with Gasteiger partial charge in [0, 0.05) is 24.7 Å². The summed E-state index contributed by atoms with van der Waals surface area (Å²) >= 11 is 0. The molecule has 0 aliphatic carbocycles. The van der Waals surface area contributed by atoms with Crippen molar-refractivity contribution in [3.63, 3.8) is 0 Å². The van der Waals surface area contributed by atoms with Gasteiger partial charge in [-0.2, -0.15) is 5.26 Å². The van der Waals surface area contributed by atoms with Crippen molar-refractivity contribution in [3.05, 3.63) is 46.8 Å². The molecule has 1 aromatic heterocycles. The van der Waals surface area contributed by atoms with E-state index in [-0.39, 0.29) is 18.4 Å². The van der Waals surface area contributed by atoms with E-state index in [1.54, 1.807) is 0 Å². The summed E-state index contributed by atoms with van der Waals surface area (Å²) in [6.45, 7) is 5.28. The maximum absolute atomic E-state index is 12.4. The summed E-state index contributed by atoms with van der Waals surface area (Å²) in [5.41, 5.74) is 3.24. The Morgan fingerprint density at radius 2 is 2.24 bits per heavy atom. The van der Waals surface area contributed by atoms with Crippen LogP contribution in [0.5, 0.6) is 0 Å². The Hall–Kier alpha value is -2.81. The van der Waals surface area contributed by atoms with Crippen molar-refractivity contribution < 1.29 is 9.32 Å². The number of nitriles is 1. The van der Waals surface area contributed by atoms with E-state index in [0.717, 1.165) is 36.3 Å². The number of rotatable bonds is 4. The summed E-state index contributed by atoms with van der Waals surface area (Å²) in [4.78, 5) is 14.6. The molecule has 3 rings (SSSR count). The third-order valence-corrected chi connectivity index (χ3v) is 4.67. The highest BCUT2D eigenvalue weighted by molar-refractivity contribution is 5.79. The number of aromatic nitrogens is 1. The van der Waals surface area contributed by atoms with Gasteiger partial charge in [-0.25, -0.2) is 0 Å². The zero-order valence-electron chi connectivity index (χ0n) is 14.6. The van der Waals surface area contributed by atoms with E-state index in [4.69, 9.17) is 4.52 Å². The van der Waals surface area contributed by atoms with Gasteiger partial charge in [-0.1, -0.05) is 17.3 Å². The smallest absolute Gasteiger partial charge is 0.224 e. The molecular weight excluding hydrogens is 316 g/mol. The fourth-order valence-electron chi connectivity index (χ4n) is 3.35. The molecule has 6 nitrogen and oxygen atoms in total. The van der Waals surface area contributed by atoms with E-state index in [0.29, 0.717) is 17.9 Å². The van der Waals surface area contributed by atoms with Crippen molar-refractivity contribution in [2.75, 3.05) is 18.0 Å². The Morgan fingerprint density at radius 1 is 1.44 bits per heavy atom. The van der Waals surface area contributed by atoms with Gasteiger partial charge in [0.1, 0.15) is 11.8 Å². The number of amides is 1. The number of hydrogen-bond donors (Lipinski definition) is 1. The van der Waals surface area contributed by atoms with Crippen LogP contribution in [0.2, 0.25) is 0 Å². The molecule has 2 heterocycles. The first-order valence-corrected chi connectivity index (χ1v) is 8.53. The third-order valence-electron chi connectivity index (χ3n) is 4.67. The number of carbonyl (C=O) groups excluding carboxylic acids is 1. The molecule has 1 aliphatic rings. The van der Waals surface area contributed by atoms with Crippen LogP contribution in [-0.2, 0) is 11.2 Å². The second-order valence-electron chi connectivity index (χ2n) is 6.46. The van der Waals surface area contributed by atoms with E-state index in [1.807, 2.05) is 38.1 Å². The number of nitrogens with one attached hydrogen (secondary N) is 1. The van der Waals surface area contributed by atoms with Gasteiger partial charge >= 0.3 is 0 Å². The average molecular weight is 338 g/mol. The van der Waals surface area contributed by atoms with Gasteiger partial charge in [0.25, 0.3) is 0 Å². The maximum atomic E-state index is 12.4. The molecule has 1 aromatic carbocycles. The molecule has 1 saturated heterocycles. The highest BCUT2D eigenvalue weighted by Gasteiger charge is 2.24. The summed E-state index contributed by atoms with van der Waals surface area (Å²) in [7, 11) is 0.